The molecule has 0 aliphatic carbocycles. The first-order chi connectivity index (χ1) is 8.15. The molecule has 0 unspecified atom stereocenters. The van der Waals surface area contributed by atoms with Crippen molar-refractivity contribution in [1.29, 1.82) is 0 Å². The Morgan fingerprint density at radius 2 is 2.29 bits per heavy atom. The highest BCUT2D eigenvalue weighted by molar-refractivity contribution is 7.99. The predicted octanol–water partition coefficient (Wildman–Crippen LogP) is 2.99. The maximum absolute atomic E-state index is 11.1. The molecule has 0 radical (unpaired) electrons. The van der Waals surface area contributed by atoms with Crippen LogP contribution < -0.4 is 11.1 Å². The minimum Gasteiger partial charge on any atom is -0.385 e. The van der Waals surface area contributed by atoms with Gasteiger partial charge in [0, 0.05) is 12.2 Å². The summed E-state index contributed by atoms with van der Waals surface area (Å²) in [5.74, 6) is 1.78. The van der Waals surface area contributed by atoms with Gasteiger partial charge in [-0.3, -0.25) is 4.79 Å². The summed E-state index contributed by atoms with van der Waals surface area (Å²) in [6, 6.07) is 5.23. The average molecular weight is 273 g/mol. The number of halogens is 1. The van der Waals surface area contributed by atoms with Crippen molar-refractivity contribution >= 4 is 35.0 Å². The van der Waals surface area contributed by atoms with E-state index >= 15 is 0 Å². The van der Waals surface area contributed by atoms with Gasteiger partial charge in [0.2, 0.25) is 5.91 Å². The zero-order valence-corrected chi connectivity index (χ0v) is 11.4. The first-order valence-electron chi connectivity index (χ1n) is 5.56. The molecule has 0 saturated heterocycles. The highest BCUT2D eigenvalue weighted by Crippen LogP contribution is 2.20. The number of benzene rings is 1. The van der Waals surface area contributed by atoms with Gasteiger partial charge in [0.1, 0.15) is 0 Å². The zero-order valence-electron chi connectivity index (χ0n) is 9.83. The van der Waals surface area contributed by atoms with Gasteiger partial charge in [-0.15, -0.1) is 0 Å². The van der Waals surface area contributed by atoms with Crippen molar-refractivity contribution in [3.8, 4) is 0 Å². The molecule has 3 N–H and O–H groups in total. The Bertz CT molecular complexity index is 385. The Kier molecular flexibility index (Phi) is 6.22. The molecule has 1 rings (SSSR count). The van der Waals surface area contributed by atoms with Crippen molar-refractivity contribution in [3.63, 3.8) is 0 Å². The Morgan fingerprint density at radius 3 is 2.94 bits per heavy atom. The van der Waals surface area contributed by atoms with E-state index in [1.54, 1.807) is 12.1 Å². The third-order valence-corrected chi connectivity index (χ3v) is 3.55. The molecule has 1 amide bonds. The number of amides is 1. The highest BCUT2D eigenvalue weighted by Gasteiger charge is 2.06. The van der Waals surface area contributed by atoms with Gasteiger partial charge in [-0.05, 0) is 36.1 Å². The van der Waals surface area contributed by atoms with E-state index in [0.717, 1.165) is 30.2 Å². The summed E-state index contributed by atoms with van der Waals surface area (Å²) in [7, 11) is 0. The van der Waals surface area contributed by atoms with Crippen LogP contribution in [0.2, 0.25) is 5.02 Å². The summed E-state index contributed by atoms with van der Waals surface area (Å²) in [5.41, 5.74) is 6.46. The van der Waals surface area contributed by atoms with E-state index in [0.29, 0.717) is 10.6 Å². The van der Waals surface area contributed by atoms with Gasteiger partial charge in [0.05, 0.1) is 10.6 Å². The smallest absolute Gasteiger partial charge is 0.250 e. The quantitative estimate of drug-likeness (QED) is 0.751. The largest absolute Gasteiger partial charge is 0.385 e. The third kappa shape index (κ3) is 4.88. The molecule has 1 aromatic carbocycles. The molecule has 0 bridgehead atoms. The van der Waals surface area contributed by atoms with E-state index in [1.807, 2.05) is 17.8 Å². The predicted molar refractivity (Wildman–Crippen MR) is 76.1 cm³/mol. The number of primary amides is 1. The molecule has 0 aromatic heterocycles. The van der Waals surface area contributed by atoms with E-state index in [4.69, 9.17) is 17.3 Å². The fourth-order valence-electron chi connectivity index (χ4n) is 1.38. The zero-order chi connectivity index (χ0) is 12.7. The van der Waals surface area contributed by atoms with Crippen molar-refractivity contribution in [2.45, 2.75) is 13.3 Å². The number of nitrogens with one attached hydrogen (secondary N) is 1. The summed E-state index contributed by atoms with van der Waals surface area (Å²) in [6.45, 7) is 3.03. The van der Waals surface area contributed by atoms with Gasteiger partial charge in [0.15, 0.2) is 0 Å². The van der Waals surface area contributed by atoms with Crippen LogP contribution in [-0.2, 0) is 0 Å². The second-order valence-corrected chi connectivity index (χ2v) is 5.34. The first kappa shape index (κ1) is 14.2. The van der Waals surface area contributed by atoms with Crippen LogP contribution in [0.15, 0.2) is 18.2 Å². The molecule has 0 aliphatic heterocycles. The average Bonchev–Trinajstić information content (AvgIpc) is 2.30. The fourth-order valence-corrected chi connectivity index (χ4v) is 2.22. The van der Waals surface area contributed by atoms with Gasteiger partial charge < -0.3 is 11.1 Å². The highest BCUT2D eigenvalue weighted by atomic mass is 35.5. The second kappa shape index (κ2) is 7.45. The molecule has 3 nitrogen and oxygen atoms in total. The van der Waals surface area contributed by atoms with Crippen molar-refractivity contribution in [2.24, 2.45) is 5.73 Å². The normalized spacial score (nSPS) is 10.2. The lowest BCUT2D eigenvalue weighted by Crippen LogP contribution is -2.12. The third-order valence-electron chi connectivity index (χ3n) is 2.23. The molecule has 1 aromatic rings. The number of carbonyl (C=O) groups is 1. The van der Waals surface area contributed by atoms with Crippen molar-refractivity contribution in [2.75, 3.05) is 23.4 Å². The van der Waals surface area contributed by atoms with Crippen molar-refractivity contribution in [1.82, 2.24) is 0 Å². The van der Waals surface area contributed by atoms with E-state index in [9.17, 15) is 4.79 Å². The Morgan fingerprint density at radius 1 is 1.53 bits per heavy atom. The molecule has 94 valence electrons. The van der Waals surface area contributed by atoms with E-state index < -0.39 is 5.91 Å². The maximum atomic E-state index is 11.1. The number of anilines is 1. The molecule has 5 heteroatoms. The van der Waals surface area contributed by atoms with Gasteiger partial charge in [-0.25, -0.2) is 0 Å². The van der Waals surface area contributed by atoms with E-state index in [2.05, 4.69) is 12.2 Å². The van der Waals surface area contributed by atoms with Gasteiger partial charge in [-0.1, -0.05) is 18.5 Å². The summed E-state index contributed by atoms with van der Waals surface area (Å²) in [5, 5.41) is 3.64. The SMILES string of the molecule is CCSCCCNc1ccc(Cl)c(C(N)=O)c1. The maximum Gasteiger partial charge on any atom is 0.250 e. The lowest BCUT2D eigenvalue weighted by Gasteiger charge is -2.08. The minimum absolute atomic E-state index is 0.361. The van der Waals surface area contributed by atoms with Crippen LogP contribution in [0.5, 0.6) is 0 Å². The summed E-state index contributed by atoms with van der Waals surface area (Å²) < 4.78 is 0. The standard InChI is InChI=1S/C12H17ClN2OS/c1-2-17-7-3-6-15-9-4-5-11(13)10(8-9)12(14)16/h4-5,8,15H,2-3,6-7H2,1H3,(H2,14,16). The number of thioether (sulfide) groups is 1. The van der Waals surface area contributed by atoms with Crippen LogP contribution >= 0.6 is 23.4 Å². The number of hydrogen-bond acceptors (Lipinski definition) is 3. The van der Waals surface area contributed by atoms with Crippen molar-refractivity contribution < 1.29 is 4.79 Å². The van der Waals surface area contributed by atoms with Crippen LogP contribution in [0.1, 0.15) is 23.7 Å². The number of rotatable bonds is 7. The Hall–Kier alpha value is -0.870. The molecule has 0 heterocycles. The lowest BCUT2D eigenvalue weighted by atomic mass is 10.2. The first-order valence-corrected chi connectivity index (χ1v) is 7.09. The number of nitrogens with two attached hydrogens (primary N) is 1. The number of hydrogen-bond donors (Lipinski definition) is 2. The number of carbonyl (C=O) groups excluding carboxylic acids is 1. The van der Waals surface area contributed by atoms with E-state index in [-0.39, 0.29) is 0 Å². The molecule has 0 saturated carbocycles. The van der Waals surface area contributed by atoms with Crippen LogP contribution in [0.3, 0.4) is 0 Å². The lowest BCUT2D eigenvalue weighted by molar-refractivity contribution is 0.100. The van der Waals surface area contributed by atoms with Crippen LogP contribution in [0.4, 0.5) is 5.69 Å². The molecular formula is C12H17ClN2OS. The van der Waals surface area contributed by atoms with E-state index in [1.165, 1.54) is 0 Å². The Balaban J connectivity index is 2.49. The monoisotopic (exact) mass is 272 g/mol. The second-order valence-electron chi connectivity index (χ2n) is 3.54. The van der Waals surface area contributed by atoms with Crippen LogP contribution in [0.25, 0.3) is 0 Å². The Labute approximate surface area is 111 Å². The summed E-state index contributed by atoms with van der Waals surface area (Å²) in [6.07, 6.45) is 1.09. The van der Waals surface area contributed by atoms with Crippen molar-refractivity contribution in [3.05, 3.63) is 28.8 Å². The fraction of sp³-hybridized carbons (Fsp3) is 0.417. The molecule has 0 aliphatic rings. The molecular weight excluding hydrogens is 256 g/mol. The van der Waals surface area contributed by atoms with Gasteiger partial charge in [0.25, 0.3) is 0 Å². The summed E-state index contributed by atoms with van der Waals surface area (Å²) >= 11 is 7.78. The summed E-state index contributed by atoms with van der Waals surface area (Å²) in [4.78, 5) is 11.1. The molecule has 0 spiro atoms. The van der Waals surface area contributed by atoms with Gasteiger partial charge in [-0.2, -0.15) is 11.8 Å². The molecule has 0 fully saturated rings. The topological polar surface area (TPSA) is 55.1 Å². The van der Waals surface area contributed by atoms with Crippen LogP contribution in [-0.4, -0.2) is 24.0 Å². The minimum atomic E-state index is -0.500. The van der Waals surface area contributed by atoms with Crippen LogP contribution in [0, 0.1) is 0 Å². The molecule has 0 atom stereocenters. The molecule has 17 heavy (non-hydrogen) atoms. The van der Waals surface area contributed by atoms with Gasteiger partial charge >= 0.3 is 0 Å².